The van der Waals surface area contributed by atoms with Gasteiger partial charge in [0, 0.05) is 17.1 Å². The van der Waals surface area contributed by atoms with Crippen LogP contribution in [-0.2, 0) is 10.8 Å². The van der Waals surface area contributed by atoms with Crippen molar-refractivity contribution in [1.82, 2.24) is 0 Å². The van der Waals surface area contributed by atoms with Crippen LogP contribution in [0.4, 0.5) is 11.4 Å². The van der Waals surface area contributed by atoms with Crippen LogP contribution >= 0.6 is 0 Å². The van der Waals surface area contributed by atoms with Crippen LogP contribution < -0.4 is 4.90 Å². The molecular formula is C62H47N. The van der Waals surface area contributed by atoms with E-state index in [1.807, 2.05) is 0 Å². The summed E-state index contributed by atoms with van der Waals surface area (Å²) in [6.45, 7) is 0. The van der Waals surface area contributed by atoms with Crippen molar-refractivity contribution in [3.63, 3.8) is 0 Å². The number of nitrogens with zero attached hydrogens (tertiary/aromatic N) is 1. The summed E-state index contributed by atoms with van der Waals surface area (Å²) >= 11 is 0. The number of hydrogen-bond acceptors (Lipinski definition) is 1. The first kappa shape index (κ1) is 37.3. The maximum atomic E-state index is 2.50. The monoisotopic (exact) mass is 805 g/mol. The number of allylic oxidation sites excluding steroid dienone is 8. The predicted octanol–water partition coefficient (Wildman–Crippen LogP) is 15.5. The minimum absolute atomic E-state index is 0.453. The van der Waals surface area contributed by atoms with Crippen LogP contribution in [-0.4, -0.2) is 0 Å². The minimum Gasteiger partial charge on any atom is -0.314 e. The molecule has 8 aromatic carbocycles. The van der Waals surface area contributed by atoms with Crippen LogP contribution in [0.3, 0.4) is 0 Å². The highest BCUT2D eigenvalue weighted by atomic mass is 15.1. The highest BCUT2D eigenvalue weighted by molar-refractivity contribution is 5.92. The molecule has 0 aliphatic heterocycles. The third kappa shape index (κ3) is 5.69. The molecule has 8 aromatic rings. The average Bonchev–Trinajstić information content (AvgIpc) is 3.68. The molecule has 1 heteroatoms. The highest BCUT2D eigenvalue weighted by Gasteiger charge is 2.58. The largest absolute Gasteiger partial charge is 0.314 e. The molecule has 4 aliphatic rings. The molecule has 0 heterocycles. The summed E-state index contributed by atoms with van der Waals surface area (Å²) < 4.78 is 0. The molecule has 0 amide bonds. The SMILES string of the molecule is C1=CC(c2cccc(N(C3=CC=C(C4(c5ccccc5)c5ccccc5C5(c6ccccc6)c6ccccc6-c6cccc4c65)CC3)c3ccc(-c4ccccc4)cc3)c2)=CCC1. The Kier molecular flexibility index (Phi) is 8.97. The Morgan fingerprint density at radius 1 is 0.397 bits per heavy atom. The van der Waals surface area contributed by atoms with Crippen molar-refractivity contribution in [2.45, 2.75) is 36.5 Å². The Morgan fingerprint density at radius 3 is 1.68 bits per heavy atom. The Balaban J connectivity index is 1.08. The van der Waals surface area contributed by atoms with Gasteiger partial charge in [-0.1, -0.05) is 212 Å². The van der Waals surface area contributed by atoms with E-state index in [-0.39, 0.29) is 0 Å². The summed E-state index contributed by atoms with van der Waals surface area (Å²) in [6.07, 6.45) is 15.8. The van der Waals surface area contributed by atoms with E-state index in [0.29, 0.717) is 0 Å². The van der Waals surface area contributed by atoms with Crippen molar-refractivity contribution in [1.29, 1.82) is 0 Å². The first-order chi connectivity index (χ1) is 31.3. The van der Waals surface area contributed by atoms with Gasteiger partial charge in [0.2, 0.25) is 0 Å². The molecule has 12 rings (SSSR count). The zero-order chi connectivity index (χ0) is 41.8. The summed E-state index contributed by atoms with van der Waals surface area (Å²) in [6, 6.07) is 77.3. The van der Waals surface area contributed by atoms with E-state index >= 15 is 0 Å². The van der Waals surface area contributed by atoms with Gasteiger partial charge < -0.3 is 4.90 Å². The topological polar surface area (TPSA) is 3.24 Å². The van der Waals surface area contributed by atoms with Gasteiger partial charge in [0.1, 0.15) is 0 Å². The zero-order valence-corrected chi connectivity index (χ0v) is 35.3. The van der Waals surface area contributed by atoms with E-state index in [1.165, 1.54) is 89.3 Å². The van der Waals surface area contributed by atoms with Gasteiger partial charge in [-0.3, -0.25) is 0 Å². The highest BCUT2D eigenvalue weighted by Crippen LogP contribution is 2.66. The van der Waals surface area contributed by atoms with Gasteiger partial charge in [0.25, 0.3) is 0 Å². The molecule has 0 bridgehead atoms. The zero-order valence-electron chi connectivity index (χ0n) is 35.3. The maximum Gasteiger partial charge on any atom is 0.0720 e. The van der Waals surface area contributed by atoms with Crippen molar-refractivity contribution in [3.8, 4) is 22.3 Å². The van der Waals surface area contributed by atoms with E-state index < -0.39 is 10.8 Å². The van der Waals surface area contributed by atoms with Crippen LogP contribution in [0.25, 0.3) is 27.8 Å². The summed E-state index contributed by atoms with van der Waals surface area (Å²) in [4.78, 5) is 2.50. The van der Waals surface area contributed by atoms with Crippen molar-refractivity contribution in [3.05, 3.63) is 292 Å². The number of rotatable bonds is 8. The molecule has 0 radical (unpaired) electrons. The fourth-order valence-electron chi connectivity index (χ4n) is 11.6. The van der Waals surface area contributed by atoms with Crippen molar-refractivity contribution in [2.75, 3.05) is 4.90 Å². The molecule has 0 saturated carbocycles. The van der Waals surface area contributed by atoms with Crippen molar-refractivity contribution in [2.24, 2.45) is 0 Å². The fourth-order valence-corrected chi connectivity index (χ4v) is 11.6. The third-order valence-electron chi connectivity index (χ3n) is 14.2. The lowest BCUT2D eigenvalue weighted by atomic mass is 9.51. The molecular weight excluding hydrogens is 759 g/mol. The van der Waals surface area contributed by atoms with E-state index in [2.05, 4.69) is 242 Å². The Hall–Kier alpha value is -7.48. The number of fused-ring (bicyclic) bond motifs is 5. The second-order valence-electron chi connectivity index (χ2n) is 17.3. The van der Waals surface area contributed by atoms with Crippen LogP contribution in [0.1, 0.15) is 70.2 Å². The second kappa shape index (κ2) is 15.2. The molecule has 0 fully saturated rings. The molecule has 1 nitrogen and oxygen atoms in total. The van der Waals surface area contributed by atoms with E-state index in [4.69, 9.17) is 0 Å². The van der Waals surface area contributed by atoms with Gasteiger partial charge in [-0.25, -0.2) is 0 Å². The number of hydrogen-bond donors (Lipinski definition) is 0. The van der Waals surface area contributed by atoms with Crippen molar-refractivity contribution >= 4 is 16.9 Å². The van der Waals surface area contributed by atoms with Gasteiger partial charge in [0.05, 0.1) is 10.8 Å². The molecule has 0 spiro atoms. The van der Waals surface area contributed by atoms with Gasteiger partial charge in [-0.2, -0.15) is 0 Å². The summed E-state index contributed by atoms with van der Waals surface area (Å²) in [5.74, 6) is 0. The minimum atomic E-state index is -0.520. The van der Waals surface area contributed by atoms with Crippen LogP contribution in [0.15, 0.2) is 248 Å². The summed E-state index contributed by atoms with van der Waals surface area (Å²) in [7, 11) is 0. The Bertz CT molecular complexity index is 3150. The predicted molar refractivity (Wildman–Crippen MR) is 262 cm³/mol. The number of benzene rings is 8. The van der Waals surface area contributed by atoms with Crippen molar-refractivity contribution < 1.29 is 0 Å². The normalized spacial score (nSPS) is 19.2. The molecule has 300 valence electrons. The summed E-state index contributed by atoms with van der Waals surface area (Å²) in [5.41, 5.74) is 21.2. The fraction of sp³-hybridized carbons (Fsp3) is 0.0968. The van der Waals surface area contributed by atoms with Crippen LogP contribution in [0.2, 0.25) is 0 Å². The maximum absolute atomic E-state index is 2.50. The standard InChI is InChI=1S/C62H47N/c1-5-19-44(20-6-1)46-35-39-51(40-36-46)63(53-28-17-23-47(43-53)45-21-7-2-8-22-45)52-41-37-50(38-42-52)61(48-24-9-3-10-25-48)57-32-15-16-33-58(57)62(49-26-11-4-12-27-49)56-31-14-13-29-54(56)55-30-18-34-59(61)60(55)62/h1,3-7,9-37,39-41,43H,2,8,38,42H2. The van der Waals surface area contributed by atoms with Gasteiger partial charge in [-0.15, -0.1) is 0 Å². The van der Waals surface area contributed by atoms with Gasteiger partial charge >= 0.3 is 0 Å². The molecule has 4 aliphatic carbocycles. The molecule has 2 unspecified atom stereocenters. The Morgan fingerprint density at radius 2 is 0.984 bits per heavy atom. The molecule has 63 heavy (non-hydrogen) atoms. The van der Waals surface area contributed by atoms with Gasteiger partial charge in [-0.05, 0) is 128 Å². The lowest BCUT2D eigenvalue weighted by Crippen LogP contribution is -2.45. The van der Waals surface area contributed by atoms with E-state index in [9.17, 15) is 0 Å². The lowest BCUT2D eigenvalue weighted by Gasteiger charge is -2.50. The third-order valence-corrected chi connectivity index (χ3v) is 14.2. The first-order valence-electron chi connectivity index (χ1n) is 22.5. The number of anilines is 2. The average molecular weight is 806 g/mol. The first-order valence-corrected chi connectivity index (χ1v) is 22.5. The molecule has 2 atom stereocenters. The molecule has 0 saturated heterocycles. The second-order valence-corrected chi connectivity index (χ2v) is 17.3. The smallest absolute Gasteiger partial charge is 0.0720 e. The lowest BCUT2D eigenvalue weighted by molar-refractivity contribution is 0.594. The van der Waals surface area contributed by atoms with E-state index in [0.717, 1.165) is 31.4 Å². The van der Waals surface area contributed by atoms with Crippen LogP contribution in [0, 0.1) is 0 Å². The quantitative estimate of drug-likeness (QED) is 0.148. The Labute approximate surface area is 371 Å². The molecule has 0 aromatic heterocycles. The molecule has 0 N–H and O–H groups in total. The van der Waals surface area contributed by atoms with Gasteiger partial charge in [0.15, 0.2) is 0 Å². The van der Waals surface area contributed by atoms with Crippen LogP contribution in [0.5, 0.6) is 0 Å². The van der Waals surface area contributed by atoms with E-state index in [1.54, 1.807) is 0 Å². The summed E-state index contributed by atoms with van der Waals surface area (Å²) in [5, 5.41) is 0.